The van der Waals surface area contributed by atoms with Gasteiger partial charge < -0.3 is 16.4 Å². The van der Waals surface area contributed by atoms with Gasteiger partial charge in [-0.3, -0.25) is 0 Å². The molecule has 0 spiro atoms. The monoisotopic (exact) mass is 294 g/mol. The first-order valence-electron chi connectivity index (χ1n) is 6.10. The van der Waals surface area contributed by atoms with Crippen LogP contribution in [-0.2, 0) is 15.6 Å². The van der Waals surface area contributed by atoms with Crippen molar-refractivity contribution in [2.24, 2.45) is 10.7 Å². The Hall–Kier alpha value is -1.86. The average molecular weight is 294 g/mol. The molecule has 1 atom stereocenters. The maximum absolute atomic E-state index is 11.3. The molecule has 0 aromatic heterocycles. The summed E-state index contributed by atoms with van der Waals surface area (Å²) in [6.07, 6.45) is 4.68. The first-order valence-corrected chi connectivity index (χ1v) is 8.16. The zero-order valence-corrected chi connectivity index (χ0v) is 12.2. The average Bonchev–Trinajstić information content (AvgIpc) is 2.25. The van der Waals surface area contributed by atoms with Crippen LogP contribution in [0.25, 0.3) is 0 Å². The number of hydrogen-bond donors (Lipinski definition) is 3. The van der Waals surface area contributed by atoms with Gasteiger partial charge >= 0.3 is 0 Å². The lowest BCUT2D eigenvalue weighted by atomic mass is 10.2. The van der Waals surface area contributed by atoms with Crippen LogP contribution in [-0.4, -0.2) is 26.3 Å². The third-order valence-electron chi connectivity index (χ3n) is 2.61. The van der Waals surface area contributed by atoms with Crippen LogP contribution in [0.3, 0.4) is 0 Å². The molecule has 0 radical (unpaired) electrons. The second kappa shape index (κ2) is 5.26. The van der Waals surface area contributed by atoms with Crippen LogP contribution in [0.2, 0.25) is 0 Å². The van der Waals surface area contributed by atoms with Gasteiger partial charge in [0.15, 0.2) is 9.84 Å². The fourth-order valence-electron chi connectivity index (χ4n) is 1.84. The Morgan fingerprint density at radius 3 is 2.85 bits per heavy atom. The van der Waals surface area contributed by atoms with E-state index in [9.17, 15) is 8.42 Å². The number of hydrogen-bond acceptors (Lipinski definition) is 6. The molecule has 0 bridgehead atoms. The van der Waals surface area contributed by atoms with Crippen molar-refractivity contribution < 1.29 is 8.42 Å². The molecule has 108 valence electrons. The van der Waals surface area contributed by atoms with Gasteiger partial charge in [0, 0.05) is 18.1 Å². The van der Waals surface area contributed by atoms with Gasteiger partial charge in [-0.1, -0.05) is 12.1 Å². The molecule has 4 N–H and O–H groups in total. The van der Waals surface area contributed by atoms with E-state index in [4.69, 9.17) is 5.73 Å². The standard InChI is InChI=1S/C13H18N4O2S/c1-13(14)6-7-15-12(17-13)16-11-5-3-4-10(8-11)9-20(2,18)19/h3-8H,9,14H2,1-2H3,(H2,15,16,17). The molecule has 0 aliphatic carbocycles. The number of nitrogens with one attached hydrogen (secondary N) is 2. The van der Waals surface area contributed by atoms with Crippen molar-refractivity contribution in [3.05, 3.63) is 42.1 Å². The summed E-state index contributed by atoms with van der Waals surface area (Å²) in [5.41, 5.74) is 6.62. The van der Waals surface area contributed by atoms with E-state index in [0.717, 1.165) is 11.3 Å². The molecule has 1 heterocycles. The highest BCUT2D eigenvalue weighted by molar-refractivity contribution is 7.89. The predicted molar refractivity (Wildman–Crippen MR) is 80.9 cm³/mol. The van der Waals surface area contributed by atoms with E-state index in [1.54, 1.807) is 37.4 Å². The molecular formula is C13H18N4O2S. The number of anilines is 1. The van der Waals surface area contributed by atoms with Gasteiger partial charge in [-0.15, -0.1) is 0 Å². The van der Waals surface area contributed by atoms with Gasteiger partial charge in [-0.2, -0.15) is 0 Å². The van der Waals surface area contributed by atoms with Crippen LogP contribution < -0.4 is 16.4 Å². The van der Waals surface area contributed by atoms with Crippen LogP contribution >= 0.6 is 0 Å². The number of sulfone groups is 1. The minimum Gasteiger partial charge on any atom is -0.333 e. The Morgan fingerprint density at radius 2 is 2.20 bits per heavy atom. The highest BCUT2D eigenvalue weighted by Gasteiger charge is 2.17. The molecule has 20 heavy (non-hydrogen) atoms. The summed E-state index contributed by atoms with van der Waals surface area (Å²) >= 11 is 0. The predicted octanol–water partition coefficient (Wildman–Crippen LogP) is 0.791. The smallest absolute Gasteiger partial charge is 0.202 e. The van der Waals surface area contributed by atoms with E-state index in [2.05, 4.69) is 15.6 Å². The Balaban J connectivity index is 2.15. The quantitative estimate of drug-likeness (QED) is 0.766. The first kappa shape index (κ1) is 14.5. The molecule has 0 saturated carbocycles. The Kier molecular flexibility index (Phi) is 3.82. The molecule has 1 aromatic rings. The first-order chi connectivity index (χ1) is 9.23. The second-order valence-corrected chi connectivity index (χ2v) is 7.20. The van der Waals surface area contributed by atoms with Crippen LogP contribution in [0.4, 0.5) is 5.69 Å². The lowest BCUT2D eigenvalue weighted by Crippen LogP contribution is -2.41. The molecule has 7 heteroatoms. The third kappa shape index (κ3) is 4.36. The van der Waals surface area contributed by atoms with Crippen molar-refractivity contribution >= 4 is 21.5 Å². The van der Waals surface area contributed by atoms with Crippen LogP contribution in [0.5, 0.6) is 0 Å². The largest absolute Gasteiger partial charge is 0.333 e. The molecule has 0 saturated heterocycles. The summed E-state index contributed by atoms with van der Waals surface area (Å²) in [7, 11) is -3.05. The van der Waals surface area contributed by atoms with Crippen molar-refractivity contribution in [3.63, 3.8) is 0 Å². The van der Waals surface area contributed by atoms with Crippen molar-refractivity contribution in [1.29, 1.82) is 0 Å². The van der Waals surface area contributed by atoms with Gasteiger partial charge in [0.1, 0.15) is 5.66 Å². The minimum absolute atomic E-state index is 0.0108. The molecule has 1 unspecified atom stereocenters. The van der Waals surface area contributed by atoms with Crippen LogP contribution in [0.15, 0.2) is 41.5 Å². The number of nitrogens with zero attached hydrogens (tertiary/aromatic N) is 1. The summed E-state index contributed by atoms with van der Waals surface area (Å²) in [6, 6.07) is 7.18. The number of benzene rings is 1. The van der Waals surface area contributed by atoms with Crippen molar-refractivity contribution in [3.8, 4) is 0 Å². The summed E-state index contributed by atoms with van der Waals surface area (Å²) < 4.78 is 22.6. The molecule has 0 fully saturated rings. The zero-order valence-electron chi connectivity index (χ0n) is 11.4. The SMILES string of the molecule is CC1(N)C=CNC(Nc2cccc(CS(C)(=O)=O)c2)=N1. The fraction of sp³-hybridized carbons (Fsp3) is 0.308. The Bertz CT molecular complexity index is 663. The minimum atomic E-state index is -3.05. The van der Waals surface area contributed by atoms with E-state index in [1.165, 1.54) is 6.26 Å². The number of nitrogens with two attached hydrogens (primary N) is 1. The van der Waals surface area contributed by atoms with Gasteiger partial charge in [0.05, 0.1) is 5.75 Å². The van der Waals surface area contributed by atoms with E-state index < -0.39 is 15.5 Å². The highest BCUT2D eigenvalue weighted by atomic mass is 32.2. The van der Waals surface area contributed by atoms with E-state index in [1.807, 2.05) is 6.07 Å². The molecule has 1 aliphatic heterocycles. The molecular weight excluding hydrogens is 276 g/mol. The van der Waals surface area contributed by atoms with Crippen molar-refractivity contribution in [2.75, 3.05) is 11.6 Å². The van der Waals surface area contributed by atoms with Crippen molar-refractivity contribution in [2.45, 2.75) is 18.3 Å². The molecule has 1 aliphatic rings. The lowest BCUT2D eigenvalue weighted by Gasteiger charge is -2.22. The topological polar surface area (TPSA) is 96.6 Å². The van der Waals surface area contributed by atoms with Gasteiger partial charge in [-0.05, 0) is 30.7 Å². The molecule has 1 aromatic carbocycles. The lowest BCUT2D eigenvalue weighted by molar-refractivity contribution is 0.601. The molecule has 2 rings (SSSR count). The third-order valence-corrected chi connectivity index (χ3v) is 3.47. The number of rotatable bonds is 3. The van der Waals surface area contributed by atoms with Crippen molar-refractivity contribution in [1.82, 2.24) is 5.32 Å². The van der Waals surface area contributed by atoms with E-state index >= 15 is 0 Å². The summed E-state index contributed by atoms with van der Waals surface area (Å²) in [6.45, 7) is 1.78. The van der Waals surface area contributed by atoms with E-state index in [-0.39, 0.29) is 5.75 Å². The van der Waals surface area contributed by atoms with Gasteiger partial charge in [0.25, 0.3) is 0 Å². The maximum atomic E-state index is 11.3. The zero-order chi connectivity index (χ0) is 14.8. The Labute approximate surface area is 118 Å². The summed E-state index contributed by atoms with van der Waals surface area (Å²) in [4.78, 5) is 4.28. The van der Waals surface area contributed by atoms with Crippen LogP contribution in [0, 0.1) is 0 Å². The Morgan fingerprint density at radius 1 is 1.45 bits per heavy atom. The van der Waals surface area contributed by atoms with Gasteiger partial charge in [0.2, 0.25) is 5.96 Å². The fourth-order valence-corrected chi connectivity index (χ4v) is 2.63. The van der Waals surface area contributed by atoms with E-state index in [0.29, 0.717) is 5.96 Å². The molecule has 6 nitrogen and oxygen atoms in total. The number of aliphatic imine (C=N–C) groups is 1. The summed E-state index contributed by atoms with van der Waals surface area (Å²) in [5, 5.41) is 6.03. The molecule has 0 amide bonds. The second-order valence-electron chi connectivity index (χ2n) is 5.06. The highest BCUT2D eigenvalue weighted by Crippen LogP contribution is 2.14. The summed E-state index contributed by atoms with van der Waals surface area (Å²) in [5.74, 6) is 0.533. The van der Waals surface area contributed by atoms with Gasteiger partial charge in [-0.25, -0.2) is 13.4 Å². The number of guanidine groups is 1. The maximum Gasteiger partial charge on any atom is 0.202 e. The normalized spacial score (nSPS) is 22.1. The van der Waals surface area contributed by atoms with Crippen LogP contribution in [0.1, 0.15) is 12.5 Å².